The van der Waals surface area contributed by atoms with E-state index < -0.39 is 0 Å². The predicted octanol–water partition coefficient (Wildman–Crippen LogP) is 2.52. The van der Waals surface area contributed by atoms with Gasteiger partial charge in [0.15, 0.2) is 0 Å². The maximum Gasteiger partial charge on any atom is 0.223 e. The highest BCUT2D eigenvalue weighted by Crippen LogP contribution is 2.09. The molecule has 0 unspecified atom stereocenters. The smallest absolute Gasteiger partial charge is 0.223 e. The highest BCUT2D eigenvalue weighted by atomic mass is 16.2. The molecule has 0 bridgehead atoms. The predicted molar refractivity (Wildman–Crippen MR) is 85.6 cm³/mol. The van der Waals surface area contributed by atoms with Gasteiger partial charge >= 0.3 is 0 Å². The molecule has 1 saturated heterocycles. The van der Waals surface area contributed by atoms with E-state index in [9.17, 15) is 4.79 Å². The van der Waals surface area contributed by atoms with Crippen LogP contribution < -0.4 is 0 Å². The first-order chi connectivity index (χ1) is 10.2. The highest BCUT2D eigenvalue weighted by molar-refractivity contribution is 5.78. The summed E-state index contributed by atoms with van der Waals surface area (Å²) in [6.45, 7) is 7.48. The molecule has 0 saturated carbocycles. The summed E-state index contributed by atoms with van der Waals surface area (Å²) >= 11 is 0. The summed E-state index contributed by atoms with van der Waals surface area (Å²) in [6.07, 6.45) is 1.67. The van der Waals surface area contributed by atoms with Gasteiger partial charge in [-0.2, -0.15) is 0 Å². The topological polar surface area (TPSA) is 23.6 Å². The number of nitrogens with zero attached hydrogens (tertiary/aromatic N) is 2. The minimum atomic E-state index is 0.245. The molecular weight excluding hydrogens is 260 g/mol. The van der Waals surface area contributed by atoms with E-state index in [-0.39, 0.29) is 5.91 Å². The van der Waals surface area contributed by atoms with Gasteiger partial charge in [0.05, 0.1) is 13.1 Å². The SMILES string of the molecule is CC(C)N(CC#CCN1CCCC1=O)Cc1ccccc1. The van der Waals surface area contributed by atoms with Crippen molar-refractivity contribution >= 4 is 5.91 Å². The van der Waals surface area contributed by atoms with Crippen molar-refractivity contribution in [3.05, 3.63) is 35.9 Å². The number of hydrogen-bond acceptors (Lipinski definition) is 2. The number of carbonyl (C=O) groups is 1. The molecule has 2 rings (SSSR count). The van der Waals surface area contributed by atoms with E-state index in [1.54, 1.807) is 0 Å². The number of carbonyl (C=O) groups excluding carboxylic acids is 1. The van der Waals surface area contributed by atoms with E-state index in [2.05, 4.69) is 54.9 Å². The zero-order valence-corrected chi connectivity index (χ0v) is 13.0. The Hall–Kier alpha value is -1.79. The van der Waals surface area contributed by atoms with Gasteiger partial charge in [0, 0.05) is 25.6 Å². The van der Waals surface area contributed by atoms with Crippen molar-refractivity contribution in [1.82, 2.24) is 9.80 Å². The fourth-order valence-corrected chi connectivity index (χ4v) is 2.42. The summed E-state index contributed by atoms with van der Waals surface area (Å²) < 4.78 is 0. The van der Waals surface area contributed by atoms with Gasteiger partial charge in [0.25, 0.3) is 0 Å². The molecule has 0 atom stereocenters. The van der Waals surface area contributed by atoms with Crippen molar-refractivity contribution in [2.75, 3.05) is 19.6 Å². The number of likely N-dealkylation sites (tertiary alicyclic amines) is 1. The van der Waals surface area contributed by atoms with Gasteiger partial charge in [-0.15, -0.1) is 0 Å². The Morgan fingerprint density at radius 2 is 2.00 bits per heavy atom. The minimum Gasteiger partial charge on any atom is -0.332 e. The first-order valence-electron chi connectivity index (χ1n) is 7.68. The van der Waals surface area contributed by atoms with Crippen LogP contribution in [0, 0.1) is 11.8 Å². The second-order valence-corrected chi connectivity index (χ2v) is 5.76. The van der Waals surface area contributed by atoms with Crippen molar-refractivity contribution in [1.29, 1.82) is 0 Å². The van der Waals surface area contributed by atoms with Gasteiger partial charge in [-0.1, -0.05) is 42.2 Å². The van der Waals surface area contributed by atoms with Crippen molar-refractivity contribution in [3.8, 4) is 11.8 Å². The number of hydrogen-bond donors (Lipinski definition) is 0. The average Bonchev–Trinajstić information content (AvgIpc) is 2.88. The molecule has 0 aromatic heterocycles. The van der Waals surface area contributed by atoms with Gasteiger partial charge < -0.3 is 4.90 Å². The molecule has 1 amide bonds. The Morgan fingerprint density at radius 1 is 1.24 bits per heavy atom. The molecule has 112 valence electrons. The Bertz CT molecular complexity index is 513. The first kappa shape index (κ1) is 15.6. The Kier molecular flexibility index (Phi) is 5.83. The standard InChI is InChI=1S/C18H24N2O/c1-16(2)20(15-17-9-4-3-5-10-17)13-7-6-12-19-14-8-11-18(19)21/h3-5,9-10,16H,8,11-15H2,1-2H3. The molecule has 1 aromatic carbocycles. The fourth-order valence-electron chi connectivity index (χ4n) is 2.42. The molecular formula is C18H24N2O. The fraction of sp³-hybridized carbons (Fsp3) is 0.500. The van der Waals surface area contributed by atoms with Gasteiger partial charge in [0.2, 0.25) is 5.91 Å². The zero-order chi connectivity index (χ0) is 15.1. The third kappa shape index (κ3) is 4.91. The average molecular weight is 284 g/mol. The molecule has 1 aliphatic heterocycles. The third-order valence-corrected chi connectivity index (χ3v) is 3.81. The van der Waals surface area contributed by atoms with Gasteiger partial charge in [-0.05, 0) is 25.8 Å². The lowest BCUT2D eigenvalue weighted by atomic mass is 10.2. The Labute approximate surface area is 127 Å². The molecule has 1 heterocycles. The summed E-state index contributed by atoms with van der Waals surface area (Å²) in [5, 5.41) is 0. The highest BCUT2D eigenvalue weighted by Gasteiger charge is 2.18. The van der Waals surface area contributed by atoms with E-state index in [1.165, 1.54) is 5.56 Å². The number of rotatable bonds is 5. The monoisotopic (exact) mass is 284 g/mol. The molecule has 3 heteroatoms. The summed E-state index contributed by atoms with van der Waals surface area (Å²) in [4.78, 5) is 15.7. The van der Waals surface area contributed by atoms with Crippen molar-refractivity contribution < 1.29 is 4.79 Å². The minimum absolute atomic E-state index is 0.245. The maximum absolute atomic E-state index is 11.5. The lowest BCUT2D eigenvalue weighted by Crippen LogP contribution is -2.31. The first-order valence-corrected chi connectivity index (χ1v) is 7.68. The summed E-state index contributed by atoms with van der Waals surface area (Å²) in [5.41, 5.74) is 1.31. The maximum atomic E-state index is 11.5. The van der Waals surface area contributed by atoms with Crippen LogP contribution in [0.4, 0.5) is 0 Å². The van der Waals surface area contributed by atoms with Crippen LogP contribution >= 0.6 is 0 Å². The summed E-state index contributed by atoms with van der Waals surface area (Å²) in [7, 11) is 0. The molecule has 1 aliphatic rings. The van der Waals surface area contributed by atoms with Gasteiger partial charge in [0.1, 0.15) is 0 Å². The molecule has 0 aliphatic carbocycles. The molecule has 1 aromatic rings. The van der Waals surface area contributed by atoms with E-state index in [1.807, 2.05) is 11.0 Å². The summed E-state index contributed by atoms with van der Waals surface area (Å²) in [6, 6.07) is 10.9. The van der Waals surface area contributed by atoms with Gasteiger partial charge in [-0.25, -0.2) is 0 Å². The lowest BCUT2D eigenvalue weighted by Gasteiger charge is -2.24. The van der Waals surface area contributed by atoms with Crippen LogP contribution in [0.15, 0.2) is 30.3 Å². The van der Waals surface area contributed by atoms with Crippen LogP contribution in [0.2, 0.25) is 0 Å². The van der Waals surface area contributed by atoms with E-state index in [4.69, 9.17) is 0 Å². The molecule has 0 spiro atoms. The second-order valence-electron chi connectivity index (χ2n) is 5.76. The van der Waals surface area contributed by atoms with Crippen LogP contribution in [-0.2, 0) is 11.3 Å². The second kappa shape index (κ2) is 7.85. The van der Waals surface area contributed by atoms with Gasteiger partial charge in [-0.3, -0.25) is 9.69 Å². The Balaban J connectivity index is 1.84. The largest absolute Gasteiger partial charge is 0.332 e. The van der Waals surface area contributed by atoms with Crippen molar-refractivity contribution in [2.24, 2.45) is 0 Å². The molecule has 1 fully saturated rings. The van der Waals surface area contributed by atoms with E-state index in [0.717, 1.165) is 26.1 Å². The van der Waals surface area contributed by atoms with Crippen LogP contribution in [0.5, 0.6) is 0 Å². The lowest BCUT2D eigenvalue weighted by molar-refractivity contribution is -0.127. The van der Waals surface area contributed by atoms with Crippen molar-refractivity contribution in [2.45, 2.75) is 39.3 Å². The molecule has 21 heavy (non-hydrogen) atoms. The van der Waals surface area contributed by atoms with Crippen LogP contribution in [0.3, 0.4) is 0 Å². The summed E-state index contributed by atoms with van der Waals surface area (Å²) in [5.74, 6) is 6.60. The third-order valence-electron chi connectivity index (χ3n) is 3.81. The zero-order valence-electron chi connectivity index (χ0n) is 13.0. The van der Waals surface area contributed by atoms with E-state index in [0.29, 0.717) is 19.0 Å². The van der Waals surface area contributed by atoms with Crippen LogP contribution in [0.1, 0.15) is 32.3 Å². The molecule has 0 radical (unpaired) electrons. The molecule has 3 nitrogen and oxygen atoms in total. The Morgan fingerprint density at radius 3 is 2.62 bits per heavy atom. The van der Waals surface area contributed by atoms with Crippen molar-refractivity contribution in [3.63, 3.8) is 0 Å². The van der Waals surface area contributed by atoms with Crippen LogP contribution in [0.25, 0.3) is 0 Å². The normalized spacial score (nSPS) is 14.7. The quantitative estimate of drug-likeness (QED) is 0.776. The number of benzene rings is 1. The number of amides is 1. The van der Waals surface area contributed by atoms with Crippen LogP contribution in [-0.4, -0.2) is 41.4 Å². The molecule has 0 N–H and O–H groups in total. The van der Waals surface area contributed by atoms with E-state index >= 15 is 0 Å².